The Morgan fingerprint density at radius 1 is 1.08 bits per heavy atom. The van der Waals surface area contributed by atoms with E-state index in [-0.39, 0.29) is 6.10 Å². The van der Waals surface area contributed by atoms with Gasteiger partial charge in [-0.05, 0) is 49.5 Å². The molecule has 0 radical (unpaired) electrons. The summed E-state index contributed by atoms with van der Waals surface area (Å²) in [5.74, 6) is 0.971. The van der Waals surface area contributed by atoms with Crippen LogP contribution in [-0.4, -0.2) is 36.2 Å². The topological polar surface area (TPSA) is 56.5 Å². The number of aliphatic hydroxyl groups excluding tert-OH is 1. The van der Waals surface area contributed by atoms with E-state index in [0.717, 1.165) is 38.0 Å². The Hall–Kier alpha value is -2.35. The number of nitrogens with zero attached hydrogens (tertiary/aromatic N) is 2. The molecule has 130 valence electrons. The molecule has 0 spiro atoms. The van der Waals surface area contributed by atoms with Gasteiger partial charge < -0.3 is 9.84 Å². The average molecular weight is 336 g/mol. The highest BCUT2D eigenvalue weighted by atomic mass is 16.5. The number of hydrogen-bond donors (Lipinski definition) is 1. The monoisotopic (exact) mass is 336 g/mol. The van der Waals surface area contributed by atoms with Crippen LogP contribution in [0.25, 0.3) is 0 Å². The number of benzene rings is 2. The molecule has 0 bridgehead atoms. The molecule has 0 amide bonds. The van der Waals surface area contributed by atoms with E-state index < -0.39 is 0 Å². The van der Waals surface area contributed by atoms with E-state index in [1.807, 2.05) is 48.5 Å². The number of para-hydroxylation sites is 1. The Bertz CT molecular complexity index is 703. The van der Waals surface area contributed by atoms with Crippen molar-refractivity contribution in [2.45, 2.75) is 18.9 Å². The van der Waals surface area contributed by atoms with E-state index in [1.54, 1.807) is 6.07 Å². The molecular weight excluding hydrogens is 312 g/mol. The first-order chi connectivity index (χ1) is 12.3. The van der Waals surface area contributed by atoms with Crippen LogP contribution in [0.1, 0.15) is 30.1 Å². The number of hydrogen-bond acceptors (Lipinski definition) is 4. The quantitative estimate of drug-likeness (QED) is 0.878. The molecule has 0 saturated carbocycles. The second kappa shape index (κ2) is 8.66. The van der Waals surface area contributed by atoms with Gasteiger partial charge in [-0.1, -0.05) is 42.5 Å². The van der Waals surface area contributed by atoms with Gasteiger partial charge in [0.15, 0.2) is 0 Å². The Kier molecular flexibility index (Phi) is 6.05. The molecule has 1 aliphatic heterocycles. The van der Waals surface area contributed by atoms with Gasteiger partial charge in [0.05, 0.1) is 11.7 Å². The fraction of sp³-hybridized carbons (Fsp3) is 0.381. The molecule has 0 aliphatic carbocycles. The van der Waals surface area contributed by atoms with Crippen molar-refractivity contribution >= 4 is 0 Å². The van der Waals surface area contributed by atoms with Gasteiger partial charge in [-0.15, -0.1) is 0 Å². The summed E-state index contributed by atoms with van der Waals surface area (Å²) in [6.07, 6.45) is 1.61. The van der Waals surface area contributed by atoms with Gasteiger partial charge in [-0.3, -0.25) is 4.90 Å². The summed E-state index contributed by atoms with van der Waals surface area (Å²) < 4.78 is 5.76. The van der Waals surface area contributed by atoms with Crippen LogP contribution in [-0.2, 0) is 0 Å². The molecule has 1 atom stereocenters. The third kappa shape index (κ3) is 4.60. The van der Waals surface area contributed by atoms with Gasteiger partial charge in [-0.2, -0.15) is 5.26 Å². The molecule has 1 saturated heterocycles. The molecule has 1 heterocycles. The summed E-state index contributed by atoms with van der Waals surface area (Å²) >= 11 is 0. The lowest BCUT2D eigenvalue weighted by molar-refractivity contribution is 0.0550. The Morgan fingerprint density at radius 2 is 1.76 bits per heavy atom. The van der Waals surface area contributed by atoms with Crippen molar-refractivity contribution in [3.63, 3.8) is 0 Å². The smallest absolute Gasteiger partial charge is 0.137 e. The second-order valence-electron chi connectivity index (χ2n) is 6.49. The lowest BCUT2D eigenvalue weighted by Crippen LogP contribution is -2.38. The van der Waals surface area contributed by atoms with Crippen molar-refractivity contribution in [2.24, 2.45) is 5.92 Å². The maximum absolute atomic E-state index is 10.5. The van der Waals surface area contributed by atoms with Gasteiger partial charge in [0.1, 0.15) is 18.4 Å². The van der Waals surface area contributed by atoms with Crippen LogP contribution in [0, 0.1) is 17.2 Å². The van der Waals surface area contributed by atoms with Crippen LogP contribution in [0.15, 0.2) is 54.6 Å². The minimum Gasteiger partial charge on any atom is -0.491 e. The predicted molar refractivity (Wildman–Crippen MR) is 97.2 cm³/mol. The minimum atomic E-state index is -0.373. The molecule has 4 nitrogen and oxygen atoms in total. The zero-order valence-electron chi connectivity index (χ0n) is 14.3. The Balaban J connectivity index is 1.43. The van der Waals surface area contributed by atoms with E-state index in [2.05, 4.69) is 11.0 Å². The zero-order valence-corrected chi connectivity index (χ0v) is 14.3. The highest BCUT2D eigenvalue weighted by Crippen LogP contribution is 2.30. The van der Waals surface area contributed by atoms with Crippen LogP contribution in [0.2, 0.25) is 0 Å². The molecule has 1 unspecified atom stereocenters. The van der Waals surface area contributed by atoms with E-state index in [1.165, 1.54) is 0 Å². The molecule has 2 aromatic carbocycles. The molecule has 1 fully saturated rings. The van der Waals surface area contributed by atoms with Crippen molar-refractivity contribution in [1.29, 1.82) is 5.26 Å². The Morgan fingerprint density at radius 3 is 2.48 bits per heavy atom. The van der Waals surface area contributed by atoms with Crippen molar-refractivity contribution in [1.82, 2.24) is 4.90 Å². The summed E-state index contributed by atoms with van der Waals surface area (Å²) in [5, 5.41) is 19.6. The van der Waals surface area contributed by atoms with Crippen LogP contribution < -0.4 is 4.74 Å². The number of nitriles is 1. The van der Waals surface area contributed by atoms with E-state index >= 15 is 0 Å². The van der Waals surface area contributed by atoms with Gasteiger partial charge in [0.2, 0.25) is 0 Å². The first-order valence-corrected chi connectivity index (χ1v) is 8.85. The van der Waals surface area contributed by atoms with Crippen LogP contribution in [0.3, 0.4) is 0 Å². The van der Waals surface area contributed by atoms with Gasteiger partial charge in [0.25, 0.3) is 0 Å². The molecule has 3 rings (SSSR count). The molecule has 1 aliphatic rings. The molecule has 1 N–H and O–H groups in total. The fourth-order valence-corrected chi connectivity index (χ4v) is 3.38. The first-order valence-electron chi connectivity index (χ1n) is 8.85. The first kappa shape index (κ1) is 17.5. The third-order valence-corrected chi connectivity index (χ3v) is 4.89. The highest BCUT2D eigenvalue weighted by Gasteiger charge is 2.26. The van der Waals surface area contributed by atoms with Crippen LogP contribution >= 0.6 is 0 Å². The van der Waals surface area contributed by atoms with Gasteiger partial charge in [-0.25, -0.2) is 0 Å². The predicted octanol–water partition coefficient (Wildman–Crippen LogP) is 3.38. The largest absolute Gasteiger partial charge is 0.491 e. The van der Waals surface area contributed by atoms with E-state index in [9.17, 15) is 5.11 Å². The number of piperidine rings is 1. The molecule has 0 aromatic heterocycles. The van der Waals surface area contributed by atoms with Crippen molar-refractivity contribution < 1.29 is 9.84 Å². The number of likely N-dealkylation sites (tertiary alicyclic amines) is 1. The Labute approximate surface area is 149 Å². The zero-order chi connectivity index (χ0) is 17.5. The van der Waals surface area contributed by atoms with E-state index in [4.69, 9.17) is 10.00 Å². The standard InChI is InChI=1S/C21H24N2O2/c22-16-19-8-4-5-9-20(19)25-15-14-23-12-10-18(11-13-23)21(24)17-6-2-1-3-7-17/h1-9,18,21,24H,10-15H2. The normalized spacial score (nSPS) is 17.0. The summed E-state index contributed by atoms with van der Waals surface area (Å²) in [4.78, 5) is 2.36. The molecular formula is C21H24N2O2. The minimum absolute atomic E-state index is 0.318. The summed E-state index contributed by atoms with van der Waals surface area (Å²) in [5.41, 5.74) is 1.59. The number of ether oxygens (including phenoxy) is 1. The van der Waals surface area contributed by atoms with Gasteiger partial charge in [0, 0.05) is 6.54 Å². The number of rotatable bonds is 6. The van der Waals surface area contributed by atoms with Crippen LogP contribution in [0.4, 0.5) is 0 Å². The third-order valence-electron chi connectivity index (χ3n) is 4.89. The van der Waals surface area contributed by atoms with Crippen molar-refractivity contribution in [3.05, 3.63) is 65.7 Å². The van der Waals surface area contributed by atoms with Crippen molar-refractivity contribution in [3.8, 4) is 11.8 Å². The second-order valence-corrected chi connectivity index (χ2v) is 6.49. The van der Waals surface area contributed by atoms with Crippen molar-refractivity contribution in [2.75, 3.05) is 26.2 Å². The maximum atomic E-state index is 10.5. The van der Waals surface area contributed by atoms with Gasteiger partial charge >= 0.3 is 0 Å². The molecule has 2 aromatic rings. The lowest BCUT2D eigenvalue weighted by atomic mass is 9.87. The maximum Gasteiger partial charge on any atom is 0.137 e. The highest BCUT2D eigenvalue weighted by molar-refractivity contribution is 5.42. The molecule has 25 heavy (non-hydrogen) atoms. The SMILES string of the molecule is N#Cc1ccccc1OCCN1CCC(C(O)c2ccccc2)CC1. The fourth-order valence-electron chi connectivity index (χ4n) is 3.38. The summed E-state index contributed by atoms with van der Waals surface area (Å²) in [6, 6.07) is 19.4. The lowest BCUT2D eigenvalue weighted by Gasteiger charge is -2.34. The summed E-state index contributed by atoms with van der Waals surface area (Å²) in [7, 11) is 0. The molecule has 4 heteroatoms. The average Bonchev–Trinajstić information content (AvgIpc) is 2.69. The summed E-state index contributed by atoms with van der Waals surface area (Å²) in [6.45, 7) is 3.36. The van der Waals surface area contributed by atoms with Crippen LogP contribution in [0.5, 0.6) is 5.75 Å². The van der Waals surface area contributed by atoms with E-state index in [0.29, 0.717) is 23.8 Å². The number of aliphatic hydroxyl groups is 1.